The highest BCUT2D eigenvalue weighted by Crippen LogP contribution is 2.38. The Morgan fingerprint density at radius 1 is 1.57 bits per heavy atom. The van der Waals surface area contributed by atoms with E-state index in [2.05, 4.69) is 13.0 Å². The highest BCUT2D eigenvalue weighted by atomic mass is 32.2. The van der Waals surface area contributed by atoms with Crippen molar-refractivity contribution in [3.05, 3.63) is 24.3 Å². The molecule has 1 aromatic carbocycles. The summed E-state index contributed by atoms with van der Waals surface area (Å²) >= 11 is 1.88. The van der Waals surface area contributed by atoms with Crippen LogP contribution in [0.5, 0.6) is 0 Å². The fourth-order valence-electron chi connectivity index (χ4n) is 1.64. The Morgan fingerprint density at radius 2 is 2.36 bits per heavy atom. The monoisotopic (exact) mass is 207 g/mol. The third-order valence-corrected chi connectivity index (χ3v) is 3.87. The molecule has 1 amide bonds. The summed E-state index contributed by atoms with van der Waals surface area (Å²) in [5, 5.41) is 0.537. The second kappa shape index (κ2) is 4.05. The molecule has 0 saturated carbocycles. The summed E-state index contributed by atoms with van der Waals surface area (Å²) in [7, 11) is 0. The molecule has 2 nitrogen and oxygen atoms in total. The molecular weight excluding hydrogens is 194 g/mol. The van der Waals surface area contributed by atoms with Gasteiger partial charge in [-0.2, -0.15) is 0 Å². The molecule has 0 aromatic heterocycles. The van der Waals surface area contributed by atoms with Crippen LogP contribution in [0.3, 0.4) is 0 Å². The van der Waals surface area contributed by atoms with Gasteiger partial charge in [-0.05, 0) is 18.6 Å². The quantitative estimate of drug-likeness (QED) is 0.695. The van der Waals surface area contributed by atoms with Crippen LogP contribution in [0.1, 0.15) is 13.3 Å². The lowest BCUT2D eigenvalue weighted by Gasteiger charge is -2.30. The SMILES string of the molecule is CCC1CN(C=O)c2ccccc2S1. The lowest BCUT2D eigenvalue weighted by atomic mass is 10.2. The van der Waals surface area contributed by atoms with Crippen LogP contribution in [-0.4, -0.2) is 18.2 Å². The summed E-state index contributed by atoms with van der Waals surface area (Å²) in [6, 6.07) is 8.08. The van der Waals surface area contributed by atoms with Gasteiger partial charge in [0.1, 0.15) is 0 Å². The van der Waals surface area contributed by atoms with Gasteiger partial charge in [0.15, 0.2) is 0 Å². The maximum atomic E-state index is 10.9. The number of fused-ring (bicyclic) bond motifs is 1. The lowest BCUT2D eigenvalue weighted by Crippen LogP contribution is -2.33. The predicted molar refractivity (Wildman–Crippen MR) is 59.8 cm³/mol. The zero-order chi connectivity index (χ0) is 9.97. The van der Waals surface area contributed by atoms with Crippen molar-refractivity contribution in [3.8, 4) is 0 Å². The number of carbonyl (C=O) groups is 1. The van der Waals surface area contributed by atoms with E-state index in [9.17, 15) is 4.79 Å². The largest absolute Gasteiger partial charge is 0.313 e. The van der Waals surface area contributed by atoms with E-state index in [0.717, 1.165) is 25.1 Å². The van der Waals surface area contributed by atoms with Crippen LogP contribution in [0.25, 0.3) is 0 Å². The summed E-state index contributed by atoms with van der Waals surface area (Å²) in [6.07, 6.45) is 2.03. The number of benzene rings is 1. The Labute approximate surface area is 88.3 Å². The molecule has 0 N–H and O–H groups in total. The molecule has 2 rings (SSSR count). The second-order valence-corrected chi connectivity index (χ2v) is 4.72. The van der Waals surface area contributed by atoms with Crippen LogP contribution in [-0.2, 0) is 4.79 Å². The van der Waals surface area contributed by atoms with E-state index < -0.39 is 0 Å². The first kappa shape index (κ1) is 9.59. The van der Waals surface area contributed by atoms with Gasteiger partial charge in [-0.25, -0.2) is 0 Å². The zero-order valence-corrected chi connectivity index (χ0v) is 8.96. The van der Waals surface area contributed by atoms with Crippen LogP contribution in [0.2, 0.25) is 0 Å². The second-order valence-electron chi connectivity index (χ2n) is 3.37. The average Bonchev–Trinajstić information content (AvgIpc) is 2.27. The highest BCUT2D eigenvalue weighted by Gasteiger charge is 2.22. The molecule has 3 heteroatoms. The van der Waals surface area contributed by atoms with Gasteiger partial charge in [-0.1, -0.05) is 19.1 Å². The number of para-hydroxylation sites is 1. The number of hydrogen-bond acceptors (Lipinski definition) is 2. The van der Waals surface area contributed by atoms with Gasteiger partial charge in [-0.3, -0.25) is 4.79 Å². The lowest BCUT2D eigenvalue weighted by molar-refractivity contribution is -0.107. The zero-order valence-electron chi connectivity index (χ0n) is 8.14. The molecule has 0 fully saturated rings. The summed E-state index contributed by atoms with van der Waals surface area (Å²) in [5.41, 5.74) is 1.05. The van der Waals surface area contributed by atoms with Crippen LogP contribution in [0.4, 0.5) is 5.69 Å². The maximum absolute atomic E-state index is 10.9. The normalized spacial score (nSPS) is 20.4. The van der Waals surface area contributed by atoms with Crippen molar-refractivity contribution in [1.29, 1.82) is 0 Å². The topological polar surface area (TPSA) is 20.3 Å². The van der Waals surface area contributed by atoms with Crippen LogP contribution in [0, 0.1) is 0 Å². The smallest absolute Gasteiger partial charge is 0.214 e. The first-order valence-corrected chi connectivity index (χ1v) is 5.70. The molecule has 0 spiro atoms. The molecule has 1 heterocycles. The molecule has 1 unspecified atom stereocenters. The van der Waals surface area contributed by atoms with E-state index in [1.54, 1.807) is 4.90 Å². The van der Waals surface area contributed by atoms with E-state index in [1.165, 1.54) is 4.90 Å². The molecule has 0 saturated heterocycles. The average molecular weight is 207 g/mol. The highest BCUT2D eigenvalue weighted by molar-refractivity contribution is 8.00. The molecule has 1 aliphatic rings. The minimum Gasteiger partial charge on any atom is -0.313 e. The van der Waals surface area contributed by atoms with Crippen molar-refractivity contribution in [2.45, 2.75) is 23.5 Å². The van der Waals surface area contributed by atoms with Gasteiger partial charge in [0.25, 0.3) is 0 Å². The number of nitrogens with zero attached hydrogens (tertiary/aromatic N) is 1. The van der Waals surface area contributed by atoms with Crippen molar-refractivity contribution >= 4 is 23.9 Å². The molecule has 1 aliphatic heterocycles. The molecule has 74 valence electrons. The van der Waals surface area contributed by atoms with Gasteiger partial charge in [0.2, 0.25) is 6.41 Å². The van der Waals surface area contributed by atoms with Gasteiger partial charge < -0.3 is 4.90 Å². The van der Waals surface area contributed by atoms with E-state index in [0.29, 0.717) is 5.25 Å². The van der Waals surface area contributed by atoms with Crippen molar-refractivity contribution in [2.75, 3.05) is 11.4 Å². The summed E-state index contributed by atoms with van der Waals surface area (Å²) in [6.45, 7) is 3.00. The van der Waals surface area contributed by atoms with Crippen molar-refractivity contribution in [2.24, 2.45) is 0 Å². The summed E-state index contributed by atoms with van der Waals surface area (Å²) in [4.78, 5) is 13.9. The number of hydrogen-bond donors (Lipinski definition) is 0. The van der Waals surface area contributed by atoms with Crippen LogP contribution < -0.4 is 4.90 Å². The van der Waals surface area contributed by atoms with Crippen molar-refractivity contribution in [1.82, 2.24) is 0 Å². The molecular formula is C11H13NOS. The predicted octanol–water partition coefficient (Wildman–Crippen LogP) is 2.53. The minimum atomic E-state index is 0.537. The van der Waals surface area contributed by atoms with Crippen molar-refractivity contribution in [3.63, 3.8) is 0 Å². The number of amides is 1. The first-order valence-electron chi connectivity index (χ1n) is 4.82. The van der Waals surface area contributed by atoms with Gasteiger partial charge >= 0.3 is 0 Å². The van der Waals surface area contributed by atoms with Gasteiger partial charge in [-0.15, -0.1) is 11.8 Å². The van der Waals surface area contributed by atoms with Gasteiger partial charge in [0.05, 0.1) is 5.69 Å². The van der Waals surface area contributed by atoms with E-state index >= 15 is 0 Å². The van der Waals surface area contributed by atoms with Crippen LogP contribution in [0.15, 0.2) is 29.2 Å². The number of thioether (sulfide) groups is 1. The Bertz CT molecular complexity index is 340. The molecule has 14 heavy (non-hydrogen) atoms. The number of carbonyl (C=O) groups excluding carboxylic acids is 1. The molecule has 1 aromatic rings. The summed E-state index contributed by atoms with van der Waals surface area (Å²) in [5.74, 6) is 0. The third-order valence-electron chi connectivity index (χ3n) is 2.45. The molecule has 0 bridgehead atoms. The van der Waals surface area contributed by atoms with Crippen molar-refractivity contribution < 1.29 is 4.79 Å². The Morgan fingerprint density at radius 3 is 3.07 bits per heavy atom. The maximum Gasteiger partial charge on any atom is 0.214 e. The standard InChI is InChI=1S/C11H13NOS/c1-2-9-7-12(8-13)10-5-3-4-6-11(10)14-9/h3-6,8-9H,2,7H2,1H3. The number of anilines is 1. The number of rotatable bonds is 2. The van der Waals surface area contributed by atoms with E-state index in [4.69, 9.17) is 0 Å². The van der Waals surface area contributed by atoms with Crippen LogP contribution >= 0.6 is 11.8 Å². The van der Waals surface area contributed by atoms with Gasteiger partial charge in [0, 0.05) is 16.7 Å². The Hall–Kier alpha value is -0.960. The fourth-order valence-corrected chi connectivity index (χ4v) is 2.87. The summed E-state index contributed by atoms with van der Waals surface area (Å²) < 4.78 is 0. The third kappa shape index (κ3) is 1.64. The minimum absolute atomic E-state index is 0.537. The Kier molecular flexibility index (Phi) is 2.77. The first-order chi connectivity index (χ1) is 6.85. The molecule has 1 atom stereocenters. The van der Waals surface area contributed by atoms with E-state index in [-0.39, 0.29) is 0 Å². The Balaban J connectivity index is 2.35. The fraction of sp³-hybridized carbons (Fsp3) is 0.364. The molecule has 0 aliphatic carbocycles. The van der Waals surface area contributed by atoms with E-state index in [1.807, 2.05) is 30.0 Å². The molecule has 0 radical (unpaired) electrons.